The zero-order valence-electron chi connectivity index (χ0n) is 14.3. The number of benzene rings is 1. The molecule has 3 heteroatoms. The summed E-state index contributed by atoms with van der Waals surface area (Å²) in [5.41, 5.74) is 2.59. The highest BCUT2D eigenvalue weighted by atomic mass is 17.2. The van der Waals surface area contributed by atoms with Gasteiger partial charge in [0.05, 0.1) is 5.56 Å². The normalized spacial score (nSPS) is 22.8. The Morgan fingerprint density at radius 3 is 2.64 bits per heavy atom. The molecular weight excluding hydrogens is 276 g/mol. The first kappa shape index (κ1) is 17.0. The fourth-order valence-corrected chi connectivity index (χ4v) is 3.13. The van der Waals surface area contributed by atoms with Gasteiger partial charge < -0.3 is 0 Å². The highest BCUT2D eigenvalue weighted by Gasteiger charge is 2.34. The van der Waals surface area contributed by atoms with Gasteiger partial charge in [0.15, 0.2) is 6.10 Å². The van der Waals surface area contributed by atoms with Crippen molar-refractivity contribution in [2.75, 3.05) is 0 Å². The van der Waals surface area contributed by atoms with Gasteiger partial charge in [-0.2, -0.15) is 4.89 Å². The van der Waals surface area contributed by atoms with Crippen LogP contribution in [0.5, 0.6) is 0 Å². The summed E-state index contributed by atoms with van der Waals surface area (Å²) >= 11 is 0. The summed E-state index contributed by atoms with van der Waals surface area (Å²) in [6.07, 6.45) is 4.12. The Bertz CT molecular complexity index is 521. The molecule has 1 radical (unpaired) electrons. The van der Waals surface area contributed by atoms with Gasteiger partial charge in [0.1, 0.15) is 0 Å². The van der Waals surface area contributed by atoms with Crippen LogP contribution in [0.4, 0.5) is 0 Å². The molecule has 0 spiro atoms. The fourth-order valence-electron chi connectivity index (χ4n) is 3.13. The van der Waals surface area contributed by atoms with Crippen molar-refractivity contribution in [1.29, 1.82) is 0 Å². The van der Waals surface area contributed by atoms with E-state index in [1.807, 2.05) is 26.0 Å². The van der Waals surface area contributed by atoms with Gasteiger partial charge in [0, 0.05) is 0 Å². The van der Waals surface area contributed by atoms with E-state index < -0.39 is 5.97 Å². The predicted octanol–water partition coefficient (Wildman–Crippen LogP) is 5.02. The van der Waals surface area contributed by atoms with E-state index in [9.17, 15) is 4.79 Å². The lowest BCUT2D eigenvalue weighted by molar-refractivity contribution is -0.251. The SMILES string of the molecule is Cc1cccc(C(=O)OO[C]2CC(C)CCC2C(C)C)c1C. The van der Waals surface area contributed by atoms with E-state index in [0.717, 1.165) is 30.1 Å². The molecule has 0 bridgehead atoms. The van der Waals surface area contributed by atoms with Crippen LogP contribution in [0.2, 0.25) is 0 Å². The molecular formula is C19H27O3. The van der Waals surface area contributed by atoms with Gasteiger partial charge in [0.2, 0.25) is 0 Å². The van der Waals surface area contributed by atoms with Crippen molar-refractivity contribution in [2.24, 2.45) is 17.8 Å². The zero-order chi connectivity index (χ0) is 16.3. The second kappa shape index (κ2) is 7.28. The van der Waals surface area contributed by atoms with E-state index in [2.05, 4.69) is 20.8 Å². The fraction of sp³-hybridized carbons (Fsp3) is 0.579. The van der Waals surface area contributed by atoms with Gasteiger partial charge in [-0.05, 0) is 61.6 Å². The minimum atomic E-state index is -0.408. The van der Waals surface area contributed by atoms with Crippen LogP contribution in [0.3, 0.4) is 0 Å². The van der Waals surface area contributed by atoms with Crippen molar-refractivity contribution in [3.8, 4) is 0 Å². The lowest BCUT2D eigenvalue weighted by atomic mass is 9.75. The molecule has 0 aliphatic heterocycles. The Hall–Kier alpha value is -1.35. The van der Waals surface area contributed by atoms with Gasteiger partial charge in [-0.25, -0.2) is 4.79 Å². The molecule has 1 aliphatic rings. The van der Waals surface area contributed by atoms with E-state index in [1.165, 1.54) is 6.42 Å². The minimum Gasteiger partial charge on any atom is -0.292 e. The second-order valence-electron chi connectivity index (χ2n) is 6.91. The Kier molecular flexibility index (Phi) is 5.63. The third-order valence-corrected chi connectivity index (χ3v) is 4.79. The standard InChI is InChI=1S/C19H27O3/c1-12(2)16-10-9-13(3)11-18(16)21-22-19(20)17-8-6-7-14(4)15(17)5/h6-8,12-13,16H,9-11H2,1-5H3. The van der Waals surface area contributed by atoms with E-state index in [-0.39, 0.29) is 0 Å². The number of aryl methyl sites for hydroxylation is 1. The van der Waals surface area contributed by atoms with E-state index in [0.29, 0.717) is 23.3 Å². The summed E-state index contributed by atoms with van der Waals surface area (Å²) in [6.45, 7) is 10.5. The maximum atomic E-state index is 12.3. The second-order valence-corrected chi connectivity index (χ2v) is 6.91. The van der Waals surface area contributed by atoms with Crippen LogP contribution in [0.25, 0.3) is 0 Å². The van der Waals surface area contributed by atoms with Crippen LogP contribution >= 0.6 is 0 Å². The Labute approximate surface area is 133 Å². The molecule has 3 nitrogen and oxygen atoms in total. The van der Waals surface area contributed by atoms with Gasteiger partial charge in [0.25, 0.3) is 0 Å². The smallest absolute Gasteiger partial charge is 0.292 e. The Morgan fingerprint density at radius 1 is 1.23 bits per heavy atom. The van der Waals surface area contributed by atoms with Crippen LogP contribution in [-0.4, -0.2) is 5.97 Å². The van der Waals surface area contributed by atoms with Crippen molar-refractivity contribution < 1.29 is 14.6 Å². The summed E-state index contributed by atoms with van der Waals surface area (Å²) in [5, 5.41) is 0. The summed E-state index contributed by atoms with van der Waals surface area (Å²) < 4.78 is 0. The molecule has 0 aromatic heterocycles. The molecule has 2 unspecified atom stereocenters. The molecule has 1 aliphatic carbocycles. The molecule has 0 N–H and O–H groups in total. The number of rotatable bonds is 4. The molecule has 2 atom stereocenters. The van der Waals surface area contributed by atoms with Crippen LogP contribution in [0.1, 0.15) is 61.5 Å². The van der Waals surface area contributed by atoms with Crippen LogP contribution in [0, 0.1) is 37.7 Å². The average Bonchev–Trinajstić information content (AvgIpc) is 2.47. The van der Waals surface area contributed by atoms with E-state index in [1.54, 1.807) is 6.07 Å². The first-order valence-electron chi connectivity index (χ1n) is 8.21. The molecule has 22 heavy (non-hydrogen) atoms. The molecule has 1 aromatic rings. The molecule has 0 heterocycles. The lowest BCUT2D eigenvalue weighted by Crippen LogP contribution is -2.28. The molecule has 1 aromatic carbocycles. The number of hydrogen-bond donors (Lipinski definition) is 0. The van der Waals surface area contributed by atoms with Crippen molar-refractivity contribution in [1.82, 2.24) is 0 Å². The maximum absolute atomic E-state index is 12.3. The quantitative estimate of drug-likeness (QED) is 0.579. The van der Waals surface area contributed by atoms with Gasteiger partial charge in [-0.15, -0.1) is 0 Å². The number of hydrogen-bond acceptors (Lipinski definition) is 3. The molecule has 121 valence electrons. The van der Waals surface area contributed by atoms with Crippen molar-refractivity contribution >= 4 is 5.97 Å². The van der Waals surface area contributed by atoms with Crippen LogP contribution in [-0.2, 0) is 9.78 Å². The molecule has 1 fully saturated rings. The zero-order valence-corrected chi connectivity index (χ0v) is 14.3. The van der Waals surface area contributed by atoms with Crippen molar-refractivity contribution in [2.45, 2.75) is 53.9 Å². The van der Waals surface area contributed by atoms with E-state index in [4.69, 9.17) is 9.78 Å². The van der Waals surface area contributed by atoms with Crippen molar-refractivity contribution in [3.63, 3.8) is 0 Å². The van der Waals surface area contributed by atoms with Crippen LogP contribution in [0.15, 0.2) is 18.2 Å². The molecule has 1 saturated carbocycles. The number of carbonyl (C=O) groups is 1. The van der Waals surface area contributed by atoms with E-state index >= 15 is 0 Å². The van der Waals surface area contributed by atoms with Gasteiger partial charge in [-0.1, -0.05) is 39.3 Å². The van der Waals surface area contributed by atoms with Crippen LogP contribution < -0.4 is 0 Å². The first-order chi connectivity index (χ1) is 10.4. The number of carbonyl (C=O) groups excluding carboxylic acids is 1. The topological polar surface area (TPSA) is 35.5 Å². The Morgan fingerprint density at radius 2 is 1.95 bits per heavy atom. The van der Waals surface area contributed by atoms with Gasteiger partial charge >= 0.3 is 5.97 Å². The minimum absolute atomic E-state index is 0.377. The monoisotopic (exact) mass is 303 g/mol. The summed E-state index contributed by atoms with van der Waals surface area (Å²) in [7, 11) is 0. The maximum Gasteiger partial charge on any atom is 0.373 e. The largest absolute Gasteiger partial charge is 0.373 e. The summed E-state index contributed by atoms with van der Waals surface area (Å²) in [6, 6.07) is 5.63. The predicted molar refractivity (Wildman–Crippen MR) is 87.0 cm³/mol. The lowest BCUT2D eigenvalue weighted by Gasteiger charge is -2.34. The third-order valence-electron chi connectivity index (χ3n) is 4.79. The highest BCUT2D eigenvalue weighted by Crippen LogP contribution is 2.40. The van der Waals surface area contributed by atoms with Crippen molar-refractivity contribution in [3.05, 3.63) is 41.0 Å². The highest BCUT2D eigenvalue weighted by molar-refractivity contribution is 5.90. The average molecular weight is 303 g/mol. The third kappa shape index (κ3) is 3.89. The Balaban J connectivity index is 2.01. The first-order valence-corrected chi connectivity index (χ1v) is 8.21. The molecule has 2 rings (SSSR count). The van der Waals surface area contributed by atoms with Gasteiger partial charge in [-0.3, -0.25) is 4.89 Å². The molecule has 0 saturated heterocycles. The summed E-state index contributed by atoms with van der Waals surface area (Å²) in [5.74, 6) is 1.06. The summed E-state index contributed by atoms with van der Waals surface area (Å²) in [4.78, 5) is 22.9. The molecule has 0 amide bonds.